The van der Waals surface area contributed by atoms with Crippen molar-refractivity contribution >= 4 is 47.8 Å². The molecule has 1 saturated heterocycles. The number of urea groups is 1. The SMILES string of the molecule is CCOP(=O)(OCC)C(C)(C)/N=C1\SC(c2ccc(Cl)cc2)(C(F)(F)F)NC(=O)N1c1ccccc1. The standard InChI is InChI=1S/C23H26ClF3N3O4PS/c1-5-33-35(32,34-6-2)21(3,4)29-20-30(18-10-8-7-9-11-18)19(31)28-22(36-20,23(25,26)27)16-12-14-17(24)15-13-16/h7-15H,5-6H2,1-4H3,(H,28,31)/b29-20-. The zero-order chi connectivity index (χ0) is 26.8. The summed E-state index contributed by atoms with van der Waals surface area (Å²) < 4.78 is 68.6. The molecular formula is C23H26ClF3N3O4PS. The maximum atomic E-state index is 14.7. The fourth-order valence-electron chi connectivity index (χ4n) is 3.48. The van der Waals surface area contributed by atoms with E-state index in [-0.39, 0.29) is 46.4 Å². The molecule has 196 valence electrons. The van der Waals surface area contributed by atoms with Crippen molar-refractivity contribution in [2.75, 3.05) is 18.1 Å². The third-order valence-electron chi connectivity index (χ3n) is 5.22. The summed E-state index contributed by atoms with van der Waals surface area (Å²) in [5.74, 6) is 0. The Labute approximate surface area is 216 Å². The van der Waals surface area contributed by atoms with Crippen molar-refractivity contribution in [3.05, 3.63) is 65.2 Å². The lowest BCUT2D eigenvalue weighted by molar-refractivity contribution is -0.167. The second-order valence-corrected chi connectivity index (χ2v) is 12.3. The molecule has 1 N–H and O–H groups in total. The zero-order valence-corrected chi connectivity index (χ0v) is 22.5. The van der Waals surface area contributed by atoms with Crippen LogP contribution in [0, 0.1) is 0 Å². The van der Waals surface area contributed by atoms with Gasteiger partial charge < -0.3 is 14.4 Å². The first-order valence-electron chi connectivity index (χ1n) is 11.0. The van der Waals surface area contributed by atoms with Crippen molar-refractivity contribution in [3.63, 3.8) is 0 Å². The molecule has 1 atom stereocenters. The molecular weight excluding hydrogens is 538 g/mol. The molecule has 2 aromatic carbocycles. The molecule has 2 amide bonds. The first-order valence-corrected chi connectivity index (χ1v) is 13.7. The van der Waals surface area contributed by atoms with Gasteiger partial charge in [-0.15, -0.1) is 0 Å². The monoisotopic (exact) mass is 563 g/mol. The predicted molar refractivity (Wildman–Crippen MR) is 137 cm³/mol. The summed E-state index contributed by atoms with van der Waals surface area (Å²) >= 11 is 6.18. The van der Waals surface area contributed by atoms with Gasteiger partial charge in [0.1, 0.15) is 0 Å². The predicted octanol–water partition coefficient (Wildman–Crippen LogP) is 7.38. The number of thioether (sulfide) groups is 1. The van der Waals surface area contributed by atoms with Crippen LogP contribution in [-0.2, 0) is 18.5 Å². The minimum absolute atomic E-state index is 0.0266. The molecule has 1 aliphatic heterocycles. The maximum Gasteiger partial charge on any atom is 0.425 e. The lowest BCUT2D eigenvalue weighted by atomic mass is 10.1. The number of carbonyl (C=O) groups is 1. The minimum Gasteiger partial charge on any atom is -0.311 e. The Morgan fingerprint density at radius 3 is 2.11 bits per heavy atom. The van der Waals surface area contributed by atoms with Gasteiger partial charge in [-0.05, 0) is 69.3 Å². The molecule has 0 spiro atoms. The van der Waals surface area contributed by atoms with E-state index in [2.05, 4.69) is 10.3 Å². The molecule has 1 fully saturated rings. The smallest absolute Gasteiger partial charge is 0.311 e. The molecule has 0 saturated carbocycles. The van der Waals surface area contributed by atoms with Crippen LogP contribution in [0.25, 0.3) is 0 Å². The van der Waals surface area contributed by atoms with Crippen LogP contribution in [0.2, 0.25) is 5.02 Å². The van der Waals surface area contributed by atoms with Crippen molar-refractivity contribution in [3.8, 4) is 0 Å². The second-order valence-electron chi connectivity index (χ2n) is 8.11. The minimum atomic E-state index is -4.95. The zero-order valence-electron chi connectivity index (χ0n) is 20.0. The molecule has 2 aromatic rings. The van der Waals surface area contributed by atoms with E-state index in [1.54, 1.807) is 44.2 Å². The number of amidine groups is 1. The number of carbonyl (C=O) groups excluding carboxylic acids is 1. The number of hydrogen-bond donors (Lipinski definition) is 1. The Kier molecular flexibility index (Phi) is 8.52. The molecule has 1 aliphatic rings. The van der Waals surface area contributed by atoms with E-state index >= 15 is 0 Å². The summed E-state index contributed by atoms with van der Waals surface area (Å²) in [4.78, 5) is 15.9. The Morgan fingerprint density at radius 1 is 1.06 bits per heavy atom. The highest BCUT2D eigenvalue weighted by Crippen LogP contribution is 2.61. The van der Waals surface area contributed by atoms with E-state index in [4.69, 9.17) is 20.6 Å². The van der Waals surface area contributed by atoms with Crippen molar-refractivity contribution in [1.82, 2.24) is 5.32 Å². The summed E-state index contributed by atoms with van der Waals surface area (Å²) in [7, 11) is -3.95. The fraction of sp³-hybridized carbons (Fsp3) is 0.391. The number of alkyl halides is 3. The number of para-hydroxylation sites is 1. The largest absolute Gasteiger partial charge is 0.425 e. The highest BCUT2D eigenvalue weighted by Gasteiger charge is 2.62. The van der Waals surface area contributed by atoms with Gasteiger partial charge in [-0.25, -0.2) is 14.7 Å². The second kappa shape index (κ2) is 10.8. The lowest BCUT2D eigenvalue weighted by Gasteiger charge is -2.44. The average Bonchev–Trinajstić information content (AvgIpc) is 2.79. The van der Waals surface area contributed by atoms with Crippen molar-refractivity contribution in [2.45, 2.75) is 44.0 Å². The number of nitrogens with zero attached hydrogens (tertiary/aromatic N) is 2. The van der Waals surface area contributed by atoms with Crippen LogP contribution in [0.1, 0.15) is 33.3 Å². The van der Waals surface area contributed by atoms with Crippen LogP contribution >= 0.6 is 31.0 Å². The summed E-state index contributed by atoms with van der Waals surface area (Å²) in [5, 5.41) is 0.396. The highest BCUT2D eigenvalue weighted by atomic mass is 35.5. The van der Waals surface area contributed by atoms with E-state index in [1.165, 1.54) is 38.1 Å². The molecule has 3 rings (SSSR count). The number of nitrogens with one attached hydrogen (secondary N) is 1. The Hall–Kier alpha value is -2.04. The number of rotatable bonds is 8. The number of aliphatic imine (C=N–C) groups is 1. The van der Waals surface area contributed by atoms with Crippen LogP contribution in [-0.4, -0.2) is 35.9 Å². The third kappa shape index (κ3) is 5.45. The van der Waals surface area contributed by atoms with Crippen LogP contribution in [0.5, 0.6) is 0 Å². The van der Waals surface area contributed by atoms with Crippen LogP contribution in [0.15, 0.2) is 59.6 Å². The number of halogens is 4. The quantitative estimate of drug-likeness (QED) is 0.339. The molecule has 0 aliphatic carbocycles. The number of amides is 2. The van der Waals surface area contributed by atoms with E-state index in [0.29, 0.717) is 0 Å². The van der Waals surface area contributed by atoms with Crippen molar-refractivity contribution < 1.29 is 31.6 Å². The third-order valence-corrected chi connectivity index (χ3v) is 9.44. The van der Waals surface area contributed by atoms with Gasteiger partial charge in [-0.1, -0.05) is 41.9 Å². The van der Waals surface area contributed by atoms with Crippen LogP contribution < -0.4 is 10.2 Å². The van der Waals surface area contributed by atoms with Gasteiger partial charge in [0.15, 0.2) is 10.4 Å². The fourth-order valence-corrected chi connectivity index (χ4v) is 6.61. The molecule has 13 heteroatoms. The van der Waals surface area contributed by atoms with Crippen molar-refractivity contribution in [1.29, 1.82) is 0 Å². The molecule has 36 heavy (non-hydrogen) atoms. The van der Waals surface area contributed by atoms with Gasteiger partial charge in [0.05, 0.1) is 18.9 Å². The van der Waals surface area contributed by atoms with E-state index in [0.717, 1.165) is 4.90 Å². The van der Waals surface area contributed by atoms with E-state index < -0.39 is 30.0 Å². The summed E-state index contributed by atoms with van der Waals surface area (Å²) in [5.41, 5.74) is 0.0142. The molecule has 1 unspecified atom stereocenters. The van der Waals surface area contributed by atoms with Gasteiger partial charge in [0, 0.05) is 5.02 Å². The summed E-state index contributed by atoms with van der Waals surface area (Å²) in [6, 6.07) is 12.0. The van der Waals surface area contributed by atoms with Gasteiger partial charge in [0.25, 0.3) is 0 Å². The van der Waals surface area contributed by atoms with E-state index in [1.807, 2.05) is 0 Å². The van der Waals surface area contributed by atoms with Crippen LogP contribution in [0.3, 0.4) is 0 Å². The summed E-state index contributed by atoms with van der Waals surface area (Å²) in [6.07, 6.45) is -4.95. The normalized spacial score (nSPS) is 20.5. The Morgan fingerprint density at radius 2 is 1.61 bits per heavy atom. The van der Waals surface area contributed by atoms with Gasteiger partial charge in [0.2, 0.25) is 4.87 Å². The van der Waals surface area contributed by atoms with Gasteiger partial charge in [-0.3, -0.25) is 4.57 Å². The first-order chi connectivity index (χ1) is 16.8. The molecule has 1 heterocycles. The average molecular weight is 564 g/mol. The Bertz CT molecular complexity index is 1160. The first kappa shape index (κ1) is 28.5. The van der Waals surface area contributed by atoms with Gasteiger partial charge >= 0.3 is 19.8 Å². The molecule has 7 nitrogen and oxygen atoms in total. The molecule has 0 bridgehead atoms. The van der Waals surface area contributed by atoms with Crippen molar-refractivity contribution in [2.24, 2.45) is 4.99 Å². The summed E-state index contributed by atoms with van der Waals surface area (Å²) in [6.45, 7) is 6.14. The molecule has 0 radical (unpaired) electrons. The number of benzene rings is 2. The topological polar surface area (TPSA) is 80.2 Å². The number of hydrogen-bond acceptors (Lipinski definition) is 6. The molecule has 0 aromatic heterocycles. The van der Waals surface area contributed by atoms with Crippen LogP contribution in [0.4, 0.5) is 23.7 Å². The lowest BCUT2D eigenvalue weighted by Crippen LogP contribution is -2.63. The maximum absolute atomic E-state index is 14.7. The Balaban J connectivity index is 2.25. The van der Waals surface area contributed by atoms with E-state index in [9.17, 15) is 22.5 Å². The number of anilines is 1. The van der Waals surface area contributed by atoms with Gasteiger partial charge in [-0.2, -0.15) is 13.2 Å². The highest BCUT2D eigenvalue weighted by molar-refractivity contribution is 8.15.